The number of nitrogens with zero attached hydrogens (tertiary/aromatic N) is 4. The third-order valence-corrected chi connectivity index (χ3v) is 4.16. The second kappa shape index (κ2) is 6.64. The minimum atomic E-state index is -4.79. The van der Waals surface area contributed by atoms with Crippen molar-refractivity contribution in [2.45, 2.75) is 19.1 Å². The van der Waals surface area contributed by atoms with E-state index in [-0.39, 0.29) is 16.9 Å². The Balaban J connectivity index is 2.06. The fourth-order valence-corrected chi connectivity index (χ4v) is 2.96. The van der Waals surface area contributed by atoms with E-state index in [9.17, 15) is 18.0 Å². The molecule has 0 radical (unpaired) electrons. The van der Waals surface area contributed by atoms with Gasteiger partial charge in [0.05, 0.1) is 16.8 Å². The molecule has 25 heavy (non-hydrogen) atoms. The third kappa shape index (κ3) is 3.47. The Morgan fingerprint density at radius 3 is 2.84 bits per heavy atom. The van der Waals surface area contributed by atoms with Crippen LogP contribution in [0.1, 0.15) is 23.0 Å². The lowest BCUT2D eigenvalue weighted by atomic mass is 10.1. The smallest absolute Gasteiger partial charge is 0.336 e. The molecule has 0 aliphatic carbocycles. The van der Waals surface area contributed by atoms with E-state index >= 15 is 0 Å². The number of hydrogen-bond acceptors (Lipinski definition) is 4. The highest BCUT2D eigenvalue weighted by atomic mass is 35.5. The summed E-state index contributed by atoms with van der Waals surface area (Å²) in [6.45, 7) is 3.04. The van der Waals surface area contributed by atoms with Gasteiger partial charge in [0.15, 0.2) is 11.5 Å². The fourth-order valence-electron chi connectivity index (χ4n) is 2.76. The summed E-state index contributed by atoms with van der Waals surface area (Å²) in [6.07, 6.45) is -2.56. The van der Waals surface area contributed by atoms with Gasteiger partial charge in [-0.15, -0.1) is 0 Å². The minimum Gasteiger partial charge on any atom is -0.336 e. The maximum atomic E-state index is 13.6. The van der Waals surface area contributed by atoms with Crippen molar-refractivity contribution in [3.63, 3.8) is 0 Å². The number of piperazine rings is 1. The van der Waals surface area contributed by atoms with Crippen LogP contribution in [0.25, 0.3) is 5.82 Å². The highest BCUT2D eigenvalue weighted by Crippen LogP contribution is 2.35. The molecule has 3 rings (SSSR count). The number of alkyl halides is 3. The molecule has 134 valence electrons. The number of carbonyl (C=O) groups is 1. The summed E-state index contributed by atoms with van der Waals surface area (Å²) in [6, 6.07) is 2.91. The maximum Gasteiger partial charge on any atom is 0.434 e. The van der Waals surface area contributed by atoms with Gasteiger partial charge in [0.1, 0.15) is 0 Å². The van der Waals surface area contributed by atoms with Gasteiger partial charge in [0.25, 0.3) is 5.91 Å². The van der Waals surface area contributed by atoms with Gasteiger partial charge in [0.2, 0.25) is 0 Å². The van der Waals surface area contributed by atoms with E-state index in [0.29, 0.717) is 24.3 Å². The predicted molar refractivity (Wildman–Crippen MR) is 84.7 cm³/mol. The molecule has 1 atom stereocenters. The quantitative estimate of drug-likeness (QED) is 0.878. The third-order valence-electron chi connectivity index (χ3n) is 3.86. The van der Waals surface area contributed by atoms with E-state index in [1.807, 2.05) is 6.92 Å². The molecule has 6 nitrogen and oxygen atoms in total. The normalized spacial score (nSPS) is 18.4. The average Bonchev–Trinajstić information content (AvgIpc) is 2.99. The number of hydrogen-bond donors (Lipinski definition) is 1. The molecule has 2 aromatic rings. The summed E-state index contributed by atoms with van der Waals surface area (Å²) in [5, 5.41) is 6.88. The zero-order chi connectivity index (χ0) is 18.2. The maximum absolute atomic E-state index is 13.6. The van der Waals surface area contributed by atoms with Gasteiger partial charge >= 0.3 is 6.18 Å². The Bertz CT molecular complexity index is 792. The SMILES string of the molecule is CC1CN(C(=O)c2cnn(-c3ncccc3Cl)c2C(F)(F)F)CCN1. The van der Waals surface area contributed by atoms with Crippen molar-refractivity contribution in [3.05, 3.63) is 40.8 Å². The zero-order valence-electron chi connectivity index (χ0n) is 13.2. The topological polar surface area (TPSA) is 63.1 Å². The Morgan fingerprint density at radius 2 is 2.20 bits per heavy atom. The molecule has 10 heteroatoms. The Morgan fingerprint density at radius 1 is 1.44 bits per heavy atom. The van der Waals surface area contributed by atoms with Gasteiger partial charge in [-0.2, -0.15) is 18.3 Å². The molecule has 2 aromatic heterocycles. The van der Waals surface area contributed by atoms with Gasteiger partial charge < -0.3 is 10.2 Å². The van der Waals surface area contributed by atoms with E-state index in [0.717, 1.165) is 6.20 Å². The number of pyridine rings is 1. The van der Waals surface area contributed by atoms with E-state index in [4.69, 9.17) is 11.6 Å². The molecule has 0 spiro atoms. The molecule has 1 amide bonds. The van der Waals surface area contributed by atoms with Crippen molar-refractivity contribution in [3.8, 4) is 5.82 Å². The molecule has 1 N–H and O–H groups in total. The number of rotatable bonds is 2. The van der Waals surface area contributed by atoms with Crippen LogP contribution in [0.4, 0.5) is 13.2 Å². The molecular formula is C15H15ClF3N5O. The largest absolute Gasteiger partial charge is 0.434 e. The standard InChI is InChI=1S/C15H15ClF3N5O/c1-9-8-23(6-5-20-9)14(25)10-7-22-24(12(10)15(17,18)19)13-11(16)3-2-4-21-13/h2-4,7,9,20H,5-6,8H2,1H3. The Kier molecular flexibility index (Phi) is 4.70. The molecular weight excluding hydrogens is 359 g/mol. The van der Waals surface area contributed by atoms with Crippen molar-refractivity contribution in [2.75, 3.05) is 19.6 Å². The first kappa shape index (κ1) is 17.7. The summed E-state index contributed by atoms with van der Waals surface area (Å²) in [4.78, 5) is 17.9. The van der Waals surface area contributed by atoms with Crippen LogP contribution < -0.4 is 5.32 Å². The summed E-state index contributed by atoms with van der Waals surface area (Å²) in [7, 11) is 0. The number of amides is 1. The monoisotopic (exact) mass is 373 g/mol. The predicted octanol–water partition coefficient (Wildman–Crippen LogP) is 2.37. The van der Waals surface area contributed by atoms with Crippen LogP contribution in [-0.2, 0) is 6.18 Å². The van der Waals surface area contributed by atoms with Gasteiger partial charge in [0, 0.05) is 31.9 Å². The van der Waals surface area contributed by atoms with Crippen LogP contribution >= 0.6 is 11.6 Å². The van der Waals surface area contributed by atoms with Crippen molar-refractivity contribution in [1.29, 1.82) is 0 Å². The highest BCUT2D eigenvalue weighted by Gasteiger charge is 2.42. The molecule has 1 fully saturated rings. The van der Waals surface area contributed by atoms with E-state index in [1.165, 1.54) is 23.2 Å². The first-order valence-electron chi connectivity index (χ1n) is 7.58. The zero-order valence-corrected chi connectivity index (χ0v) is 14.0. The molecule has 1 saturated heterocycles. The van der Waals surface area contributed by atoms with Crippen molar-refractivity contribution < 1.29 is 18.0 Å². The van der Waals surface area contributed by atoms with E-state index < -0.39 is 23.3 Å². The van der Waals surface area contributed by atoms with Crippen LogP contribution in [0.3, 0.4) is 0 Å². The summed E-state index contributed by atoms with van der Waals surface area (Å²) < 4.78 is 41.5. The van der Waals surface area contributed by atoms with E-state index in [2.05, 4.69) is 15.4 Å². The van der Waals surface area contributed by atoms with Crippen LogP contribution in [0.15, 0.2) is 24.5 Å². The summed E-state index contributed by atoms with van der Waals surface area (Å²) >= 11 is 5.94. The van der Waals surface area contributed by atoms with Gasteiger partial charge in [-0.1, -0.05) is 11.6 Å². The van der Waals surface area contributed by atoms with Gasteiger partial charge in [-0.25, -0.2) is 9.67 Å². The van der Waals surface area contributed by atoms with Gasteiger partial charge in [-0.05, 0) is 19.1 Å². The molecule has 1 aliphatic rings. The summed E-state index contributed by atoms with van der Waals surface area (Å²) in [5.74, 6) is -0.886. The Hall–Kier alpha value is -2.13. The van der Waals surface area contributed by atoms with Crippen molar-refractivity contribution >= 4 is 17.5 Å². The molecule has 3 heterocycles. The minimum absolute atomic E-state index is 0.00546. The van der Waals surface area contributed by atoms with Crippen molar-refractivity contribution in [2.24, 2.45) is 0 Å². The lowest BCUT2D eigenvalue weighted by Crippen LogP contribution is -2.51. The summed E-state index contributed by atoms with van der Waals surface area (Å²) in [5.41, 5.74) is -1.69. The number of halogens is 4. The molecule has 0 bridgehead atoms. The Labute approximate surface area is 146 Å². The fraction of sp³-hybridized carbons (Fsp3) is 0.400. The van der Waals surface area contributed by atoms with Crippen LogP contribution in [0, 0.1) is 0 Å². The second-order valence-corrected chi connectivity index (χ2v) is 6.14. The average molecular weight is 374 g/mol. The lowest BCUT2D eigenvalue weighted by molar-refractivity contribution is -0.143. The lowest BCUT2D eigenvalue weighted by Gasteiger charge is -2.32. The van der Waals surface area contributed by atoms with Crippen molar-refractivity contribution in [1.82, 2.24) is 25.0 Å². The van der Waals surface area contributed by atoms with Gasteiger partial charge in [-0.3, -0.25) is 4.79 Å². The number of carbonyl (C=O) groups excluding carboxylic acids is 1. The molecule has 0 saturated carbocycles. The molecule has 0 aromatic carbocycles. The first-order valence-corrected chi connectivity index (χ1v) is 7.95. The second-order valence-electron chi connectivity index (χ2n) is 5.73. The molecule has 1 unspecified atom stereocenters. The number of aromatic nitrogens is 3. The number of nitrogens with one attached hydrogen (secondary N) is 1. The molecule has 1 aliphatic heterocycles. The first-order chi connectivity index (χ1) is 11.8. The van der Waals surface area contributed by atoms with E-state index in [1.54, 1.807) is 0 Å². The van der Waals surface area contributed by atoms with Crippen LogP contribution in [-0.4, -0.2) is 51.2 Å². The van der Waals surface area contributed by atoms with Crippen LogP contribution in [0.5, 0.6) is 0 Å². The highest BCUT2D eigenvalue weighted by molar-refractivity contribution is 6.32. The van der Waals surface area contributed by atoms with Crippen LogP contribution in [0.2, 0.25) is 5.02 Å².